The minimum absolute atomic E-state index is 0.231. The quantitative estimate of drug-likeness (QED) is 0.747. The number of carbonyl (C=O) groups is 1. The summed E-state index contributed by atoms with van der Waals surface area (Å²) in [6.45, 7) is 4.11. The van der Waals surface area contributed by atoms with Crippen molar-refractivity contribution in [3.8, 4) is 0 Å². The standard InChI is InChI=1S/C14H21N3OS/c1-10(2)17-14(13(15)18,11-3-4-11)9-19-12-5-7-16-8-6-12/h5-8,10-11,17H,3-4,9H2,1-2H3,(H2,15,18). The van der Waals surface area contributed by atoms with Gasteiger partial charge in [-0.2, -0.15) is 0 Å². The van der Waals surface area contributed by atoms with E-state index in [4.69, 9.17) is 5.73 Å². The highest BCUT2D eigenvalue weighted by molar-refractivity contribution is 7.99. The van der Waals surface area contributed by atoms with Crippen molar-refractivity contribution in [1.82, 2.24) is 10.3 Å². The Morgan fingerprint density at radius 1 is 1.53 bits per heavy atom. The smallest absolute Gasteiger partial charge is 0.238 e. The second kappa shape index (κ2) is 5.92. The van der Waals surface area contributed by atoms with Gasteiger partial charge in [0, 0.05) is 29.1 Å². The van der Waals surface area contributed by atoms with Gasteiger partial charge < -0.3 is 11.1 Å². The highest BCUT2D eigenvalue weighted by Crippen LogP contribution is 2.42. The Kier molecular flexibility index (Phi) is 4.47. The normalized spacial score (nSPS) is 18.3. The van der Waals surface area contributed by atoms with Crippen molar-refractivity contribution in [3.63, 3.8) is 0 Å². The van der Waals surface area contributed by atoms with Crippen molar-refractivity contribution in [1.29, 1.82) is 0 Å². The van der Waals surface area contributed by atoms with Gasteiger partial charge in [-0.1, -0.05) is 0 Å². The first-order valence-electron chi connectivity index (χ1n) is 6.65. The molecule has 104 valence electrons. The lowest BCUT2D eigenvalue weighted by Crippen LogP contribution is -2.61. The number of hydrogen-bond acceptors (Lipinski definition) is 4. The number of nitrogens with one attached hydrogen (secondary N) is 1. The lowest BCUT2D eigenvalue weighted by atomic mass is 9.93. The van der Waals surface area contributed by atoms with Crippen LogP contribution in [-0.4, -0.2) is 28.2 Å². The SMILES string of the molecule is CC(C)NC(CSc1ccncc1)(C(N)=O)C1CC1. The summed E-state index contributed by atoms with van der Waals surface area (Å²) in [6, 6.07) is 4.16. The van der Waals surface area contributed by atoms with Crippen LogP contribution >= 0.6 is 11.8 Å². The second-order valence-electron chi connectivity index (χ2n) is 5.38. The molecule has 1 aliphatic rings. The molecule has 0 spiro atoms. The number of primary amides is 1. The molecule has 3 N–H and O–H groups in total. The number of aromatic nitrogens is 1. The van der Waals surface area contributed by atoms with E-state index in [0.29, 0.717) is 11.7 Å². The van der Waals surface area contributed by atoms with E-state index < -0.39 is 5.54 Å². The van der Waals surface area contributed by atoms with Crippen molar-refractivity contribution in [3.05, 3.63) is 24.5 Å². The average Bonchev–Trinajstić information content (AvgIpc) is 3.19. The van der Waals surface area contributed by atoms with E-state index in [1.165, 1.54) is 0 Å². The first kappa shape index (κ1) is 14.3. The predicted molar refractivity (Wildman–Crippen MR) is 77.9 cm³/mol. The maximum absolute atomic E-state index is 12.0. The third-order valence-corrected chi connectivity index (χ3v) is 4.58. The van der Waals surface area contributed by atoms with Crippen LogP contribution in [0.4, 0.5) is 0 Å². The summed E-state index contributed by atoms with van der Waals surface area (Å²) in [5, 5.41) is 3.41. The molecule has 1 aliphatic carbocycles. The number of rotatable bonds is 7. The molecule has 0 aliphatic heterocycles. The van der Waals surface area contributed by atoms with Gasteiger partial charge in [0.2, 0.25) is 5.91 Å². The number of amides is 1. The van der Waals surface area contributed by atoms with Gasteiger partial charge in [-0.15, -0.1) is 11.8 Å². The Balaban J connectivity index is 2.11. The molecule has 0 radical (unpaired) electrons. The van der Waals surface area contributed by atoms with Crippen molar-refractivity contribution >= 4 is 17.7 Å². The molecule has 1 aromatic heterocycles. The molecule has 1 saturated carbocycles. The molecular weight excluding hydrogens is 258 g/mol. The molecule has 1 fully saturated rings. The van der Waals surface area contributed by atoms with Crippen molar-refractivity contribution in [2.45, 2.75) is 43.2 Å². The first-order valence-corrected chi connectivity index (χ1v) is 7.63. The largest absolute Gasteiger partial charge is 0.368 e. The summed E-state index contributed by atoms with van der Waals surface area (Å²) >= 11 is 1.66. The van der Waals surface area contributed by atoms with Gasteiger partial charge in [0.25, 0.3) is 0 Å². The molecule has 1 heterocycles. The molecular formula is C14H21N3OS. The van der Waals surface area contributed by atoms with Crippen LogP contribution in [0.1, 0.15) is 26.7 Å². The van der Waals surface area contributed by atoms with Crippen LogP contribution in [0, 0.1) is 5.92 Å². The van der Waals surface area contributed by atoms with Crippen LogP contribution in [0.25, 0.3) is 0 Å². The summed E-state index contributed by atoms with van der Waals surface area (Å²) in [4.78, 5) is 17.1. The van der Waals surface area contributed by atoms with E-state index in [1.54, 1.807) is 24.2 Å². The highest BCUT2D eigenvalue weighted by Gasteiger charge is 2.49. The van der Waals surface area contributed by atoms with Gasteiger partial charge >= 0.3 is 0 Å². The third kappa shape index (κ3) is 3.48. The van der Waals surface area contributed by atoms with Gasteiger partial charge in [0.1, 0.15) is 5.54 Å². The summed E-state index contributed by atoms with van der Waals surface area (Å²) in [5.74, 6) is 0.821. The topological polar surface area (TPSA) is 68.0 Å². The molecule has 2 rings (SSSR count). The van der Waals surface area contributed by atoms with E-state index in [2.05, 4.69) is 24.1 Å². The highest BCUT2D eigenvalue weighted by atomic mass is 32.2. The molecule has 1 unspecified atom stereocenters. The monoisotopic (exact) mass is 279 g/mol. The van der Waals surface area contributed by atoms with E-state index in [1.807, 2.05) is 12.1 Å². The van der Waals surface area contributed by atoms with Crippen LogP contribution in [0.3, 0.4) is 0 Å². The lowest BCUT2D eigenvalue weighted by molar-refractivity contribution is -0.124. The van der Waals surface area contributed by atoms with Crippen LogP contribution in [0.15, 0.2) is 29.4 Å². The van der Waals surface area contributed by atoms with Crippen molar-refractivity contribution in [2.24, 2.45) is 11.7 Å². The summed E-state index contributed by atoms with van der Waals surface area (Å²) in [6.07, 6.45) is 5.70. The molecule has 4 nitrogen and oxygen atoms in total. The lowest BCUT2D eigenvalue weighted by Gasteiger charge is -2.33. The van der Waals surface area contributed by atoms with Gasteiger partial charge in [0.15, 0.2) is 0 Å². The summed E-state index contributed by atoms with van der Waals surface area (Å²) < 4.78 is 0. The van der Waals surface area contributed by atoms with Crippen LogP contribution in [0.2, 0.25) is 0 Å². The van der Waals surface area contributed by atoms with Crippen molar-refractivity contribution in [2.75, 3.05) is 5.75 Å². The first-order chi connectivity index (χ1) is 9.04. The van der Waals surface area contributed by atoms with E-state index in [-0.39, 0.29) is 11.9 Å². The Morgan fingerprint density at radius 3 is 2.63 bits per heavy atom. The fraction of sp³-hybridized carbons (Fsp3) is 0.571. The fourth-order valence-corrected chi connectivity index (χ4v) is 3.51. The Labute approximate surface area is 118 Å². The second-order valence-corrected chi connectivity index (χ2v) is 6.43. The number of hydrogen-bond donors (Lipinski definition) is 2. The van der Waals surface area contributed by atoms with Crippen LogP contribution in [0.5, 0.6) is 0 Å². The van der Waals surface area contributed by atoms with Gasteiger partial charge in [-0.3, -0.25) is 9.78 Å². The zero-order chi connectivity index (χ0) is 13.9. The minimum atomic E-state index is -0.581. The number of nitrogens with two attached hydrogens (primary N) is 1. The molecule has 1 aromatic rings. The maximum atomic E-state index is 12.0. The molecule has 0 saturated heterocycles. The van der Waals surface area contributed by atoms with Crippen LogP contribution in [-0.2, 0) is 4.79 Å². The molecule has 0 aromatic carbocycles. The molecule has 1 amide bonds. The van der Waals surface area contributed by atoms with Gasteiger partial charge in [-0.25, -0.2) is 0 Å². The zero-order valence-corrected chi connectivity index (χ0v) is 12.2. The summed E-state index contributed by atoms with van der Waals surface area (Å²) in [5.41, 5.74) is 5.12. The predicted octanol–water partition coefficient (Wildman–Crippen LogP) is 1.81. The van der Waals surface area contributed by atoms with Gasteiger partial charge in [0.05, 0.1) is 0 Å². The maximum Gasteiger partial charge on any atom is 0.238 e. The fourth-order valence-electron chi connectivity index (χ4n) is 2.34. The van der Waals surface area contributed by atoms with E-state index in [0.717, 1.165) is 17.7 Å². The minimum Gasteiger partial charge on any atom is -0.368 e. The third-order valence-electron chi connectivity index (χ3n) is 3.38. The van der Waals surface area contributed by atoms with E-state index >= 15 is 0 Å². The summed E-state index contributed by atoms with van der Waals surface area (Å²) in [7, 11) is 0. The molecule has 0 bridgehead atoms. The Hall–Kier alpha value is -1.07. The van der Waals surface area contributed by atoms with Crippen molar-refractivity contribution < 1.29 is 4.79 Å². The number of nitrogens with zero attached hydrogens (tertiary/aromatic N) is 1. The number of thioether (sulfide) groups is 1. The van der Waals surface area contributed by atoms with Gasteiger partial charge in [-0.05, 0) is 44.7 Å². The number of carbonyl (C=O) groups excluding carboxylic acids is 1. The Bertz CT molecular complexity index is 434. The van der Waals surface area contributed by atoms with Crippen LogP contribution < -0.4 is 11.1 Å². The zero-order valence-electron chi connectivity index (χ0n) is 11.4. The van der Waals surface area contributed by atoms with E-state index in [9.17, 15) is 4.79 Å². The Morgan fingerprint density at radius 2 is 2.16 bits per heavy atom. The number of pyridine rings is 1. The molecule has 1 atom stereocenters. The molecule has 5 heteroatoms. The molecule has 19 heavy (non-hydrogen) atoms. The average molecular weight is 279 g/mol.